The molecule has 0 amide bonds. The maximum Gasteiger partial charge on any atom is 0.358 e. The quantitative estimate of drug-likeness (QED) is 0.299. The molecular weight excluding hydrogens is 400 g/mol. The number of Topliss-reactive ketones (excluding diaryl/α,β-unsaturated/α-hetero) is 1. The van der Waals surface area contributed by atoms with Crippen molar-refractivity contribution in [3.8, 4) is 0 Å². The van der Waals surface area contributed by atoms with Gasteiger partial charge in [-0.25, -0.2) is 9.48 Å². The third-order valence-electron chi connectivity index (χ3n) is 5.07. The van der Waals surface area contributed by atoms with Crippen molar-refractivity contribution in [2.75, 3.05) is 7.11 Å². The van der Waals surface area contributed by atoms with E-state index < -0.39 is 12.0 Å². The second kappa shape index (κ2) is 9.71. The highest BCUT2D eigenvalue weighted by atomic mass is 16.5. The molecule has 158 valence electrons. The van der Waals surface area contributed by atoms with Crippen LogP contribution in [0.5, 0.6) is 0 Å². The molecule has 0 aliphatic carbocycles. The summed E-state index contributed by atoms with van der Waals surface area (Å²) in [6.45, 7) is 0. The third-order valence-corrected chi connectivity index (χ3v) is 5.07. The van der Waals surface area contributed by atoms with E-state index in [0.717, 1.165) is 11.1 Å². The summed E-state index contributed by atoms with van der Waals surface area (Å²) in [5, 5.41) is 4.49. The molecule has 0 aliphatic heterocycles. The largest absolute Gasteiger partial charge is 0.464 e. The Morgan fingerprint density at radius 2 is 1.44 bits per heavy atom. The second-order valence-electron chi connectivity index (χ2n) is 7.18. The van der Waals surface area contributed by atoms with Gasteiger partial charge in [0.15, 0.2) is 11.5 Å². The van der Waals surface area contributed by atoms with Gasteiger partial charge in [-0.1, -0.05) is 97.1 Å². The number of hydrogen-bond acceptors (Lipinski definition) is 4. The van der Waals surface area contributed by atoms with Crippen molar-refractivity contribution < 1.29 is 14.3 Å². The number of benzene rings is 3. The van der Waals surface area contributed by atoms with Crippen molar-refractivity contribution in [1.29, 1.82) is 0 Å². The van der Waals surface area contributed by atoms with E-state index in [1.807, 2.05) is 91.0 Å². The number of carbonyl (C=O) groups excluding carboxylic acids is 2. The van der Waals surface area contributed by atoms with Gasteiger partial charge in [0.2, 0.25) is 0 Å². The van der Waals surface area contributed by atoms with E-state index in [1.54, 1.807) is 22.9 Å². The van der Waals surface area contributed by atoms with Gasteiger partial charge < -0.3 is 4.74 Å². The summed E-state index contributed by atoms with van der Waals surface area (Å²) in [7, 11) is 1.31. The zero-order valence-electron chi connectivity index (χ0n) is 17.6. The van der Waals surface area contributed by atoms with E-state index in [4.69, 9.17) is 4.74 Å². The molecule has 5 heteroatoms. The lowest BCUT2D eigenvalue weighted by atomic mass is 9.97. The van der Waals surface area contributed by atoms with E-state index in [0.29, 0.717) is 11.3 Å². The van der Waals surface area contributed by atoms with Crippen LogP contribution in [0.15, 0.2) is 97.1 Å². The fourth-order valence-corrected chi connectivity index (χ4v) is 3.49. The summed E-state index contributed by atoms with van der Waals surface area (Å²) < 4.78 is 6.47. The van der Waals surface area contributed by atoms with E-state index >= 15 is 0 Å². The Labute approximate surface area is 186 Å². The highest BCUT2D eigenvalue weighted by molar-refractivity contribution is 6.01. The molecule has 3 aromatic carbocycles. The Kier molecular flexibility index (Phi) is 6.37. The van der Waals surface area contributed by atoms with Crippen LogP contribution in [0.25, 0.3) is 12.2 Å². The number of rotatable bonds is 7. The number of aromatic nitrogens is 2. The SMILES string of the molecule is COC(=O)c1cc(/C=C/c2ccccc2)n(C(C(=O)c2ccccc2)c2ccccc2)n1. The number of ketones is 1. The lowest BCUT2D eigenvalue weighted by Gasteiger charge is -2.19. The zero-order valence-corrected chi connectivity index (χ0v) is 17.6. The molecule has 0 aliphatic rings. The molecule has 32 heavy (non-hydrogen) atoms. The molecule has 1 unspecified atom stereocenters. The normalized spacial score (nSPS) is 11.9. The number of nitrogens with zero attached hydrogens (tertiary/aromatic N) is 2. The standard InChI is InChI=1S/C27H22N2O3/c1-32-27(31)24-19-23(18-17-20-11-5-2-6-12-20)29(28-24)25(21-13-7-3-8-14-21)26(30)22-15-9-4-10-16-22/h2-19,25H,1H3/b18-17+. The van der Waals surface area contributed by atoms with Crippen molar-refractivity contribution in [3.63, 3.8) is 0 Å². The summed E-state index contributed by atoms with van der Waals surface area (Å²) in [5.41, 5.74) is 3.09. The maximum absolute atomic E-state index is 13.6. The van der Waals surface area contributed by atoms with Crippen LogP contribution < -0.4 is 0 Å². The Bertz CT molecular complexity index is 1230. The average Bonchev–Trinajstić information content (AvgIpc) is 3.28. The van der Waals surface area contributed by atoms with E-state index in [2.05, 4.69) is 5.10 Å². The predicted molar refractivity (Wildman–Crippen MR) is 124 cm³/mol. The highest BCUT2D eigenvalue weighted by Gasteiger charge is 2.28. The first kappa shape index (κ1) is 21.0. The Hall–Kier alpha value is -4.25. The molecule has 0 spiro atoms. The predicted octanol–water partition coefficient (Wildman–Crippen LogP) is 5.31. The fourth-order valence-electron chi connectivity index (χ4n) is 3.49. The molecule has 5 nitrogen and oxygen atoms in total. The topological polar surface area (TPSA) is 61.2 Å². The van der Waals surface area contributed by atoms with Crippen molar-refractivity contribution >= 4 is 23.9 Å². The first-order chi connectivity index (χ1) is 15.7. The maximum atomic E-state index is 13.6. The Morgan fingerprint density at radius 3 is 2.06 bits per heavy atom. The van der Waals surface area contributed by atoms with Gasteiger partial charge in [0, 0.05) is 5.56 Å². The summed E-state index contributed by atoms with van der Waals surface area (Å²) in [4.78, 5) is 25.9. The van der Waals surface area contributed by atoms with Crippen molar-refractivity contribution in [2.24, 2.45) is 0 Å². The summed E-state index contributed by atoms with van der Waals surface area (Å²) in [6.07, 6.45) is 3.77. The molecular formula is C27H22N2O3. The number of ether oxygens (including phenoxy) is 1. The molecule has 0 N–H and O–H groups in total. The average molecular weight is 422 g/mol. The number of carbonyl (C=O) groups is 2. The minimum atomic E-state index is -0.743. The van der Waals surface area contributed by atoms with Crippen LogP contribution in [-0.4, -0.2) is 28.6 Å². The van der Waals surface area contributed by atoms with Crippen molar-refractivity contribution in [2.45, 2.75) is 6.04 Å². The fraction of sp³-hybridized carbons (Fsp3) is 0.0741. The van der Waals surface area contributed by atoms with Crippen molar-refractivity contribution in [3.05, 3.63) is 125 Å². The van der Waals surface area contributed by atoms with Crippen LogP contribution in [0.4, 0.5) is 0 Å². The molecule has 4 aromatic rings. The van der Waals surface area contributed by atoms with Gasteiger partial charge in [-0.3, -0.25) is 4.79 Å². The minimum absolute atomic E-state index is 0.120. The van der Waals surface area contributed by atoms with Gasteiger partial charge in [0.25, 0.3) is 0 Å². The zero-order chi connectivity index (χ0) is 22.3. The Morgan fingerprint density at radius 1 is 0.844 bits per heavy atom. The first-order valence-corrected chi connectivity index (χ1v) is 10.2. The molecule has 1 heterocycles. The smallest absolute Gasteiger partial charge is 0.358 e. The van der Waals surface area contributed by atoms with Crippen LogP contribution in [0.2, 0.25) is 0 Å². The van der Waals surface area contributed by atoms with Crippen LogP contribution >= 0.6 is 0 Å². The number of hydrogen-bond donors (Lipinski definition) is 0. The third kappa shape index (κ3) is 4.57. The first-order valence-electron chi connectivity index (χ1n) is 10.2. The summed E-state index contributed by atoms with van der Waals surface area (Å²) in [6, 6.07) is 29.2. The van der Waals surface area contributed by atoms with Crippen LogP contribution in [0, 0.1) is 0 Å². The van der Waals surface area contributed by atoms with Crippen LogP contribution in [0.3, 0.4) is 0 Å². The second-order valence-corrected chi connectivity index (χ2v) is 7.18. The molecule has 0 saturated carbocycles. The lowest BCUT2D eigenvalue weighted by molar-refractivity contribution is 0.0591. The number of methoxy groups -OCH3 is 1. The van der Waals surface area contributed by atoms with Crippen molar-refractivity contribution in [1.82, 2.24) is 9.78 Å². The number of esters is 1. The van der Waals surface area contributed by atoms with Crippen LogP contribution in [0.1, 0.15) is 43.7 Å². The highest BCUT2D eigenvalue weighted by Crippen LogP contribution is 2.26. The molecule has 0 fully saturated rings. The van der Waals surface area contributed by atoms with E-state index in [1.165, 1.54) is 7.11 Å². The molecule has 0 saturated heterocycles. The lowest BCUT2D eigenvalue weighted by Crippen LogP contribution is -2.23. The van der Waals surface area contributed by atoms with Gasteiger partial charge in [0.05, 0.1) is 12.8 Å². The van der Waals surface area contributed by atoms with E-state index in [9.17, 15) is 9.59 Å². The minimum Gasteiger partial charge on any atom is -0.464 e. The monoisotopic (exact) mass is 422 g/mol. The summed E-state index contributed by atoms with van der Waals surface area (Å²) >= 11 is 0. The van der Waals surface area contributed by atoms with Gasteiger partial charge in [0.1, 0.15) is 6.04 Å². The van der Waals surface area contributed by atoms with Gasteiger partial charge in [-0.2, -0.15) is 5.10 Å². The van der Waals surface area contributed by atoms with Gasteiger partial charge in [-0.15, -0.1) is 0 Å². The van der Waals surface area contributed by atoms with E-state index in [-0.39, 0.29) is 11.5 Å². The molecule has 1 atom stereocenters. The van der Waals surface area contributed by atoms with Crippen LogP contribution in [-0.2, 0) is 4.74 Å². The molecule has 0 radical (unpaired) electrons. The van der Waals surface area contributed by atoms with Gasteiger partial charge in [-0.05, 0) is 23.3 Å². The molecule has 4 rings (SSSR count). The molecule has 0 bridgehead atoms. The molecule has 1 aromatic heterocycles. The Balaban J connectivity index is 1.85. The summed E-state index contributed by atoms with van der Waals surface area (Å²) in [5.74, 6) is -0.678. The van der Waals surface area contributed by atoms with Gasteiger partial charge >= 0.3 is 5.97 Å².